The van der Waals surface area contributed by atoms with E-state index in [9.17, 15) is 0 Å². The first-order valence-electron chi connectivity index (χ1n) is 22.4. The Hall–Kier alpha value is -8.86. The highest BCUT2D eigenvalue weighted by Crippen LogP contribution is 2.39. The molecule has 0 fully saturated rings. The van der Waals surface area contributed by atoms with Crippen LogP contribution in [0.25, 0.3) is 122 Å². The van der Waals surface area contributed by atoms with Gasteiger partial charge in [-0.1, -0.05) is 177 Å². The van der Waals surface area contributed by atoms with Crippen LogP contribution in [0.1, 0.15) is 5.69 Å². The van der Waals surface area contributed by atoms with Crippen molar-refractivity contribution < 1.29 is 0 Å². The summed E-state index contributed by atoms with van der Waals surface area (Å²) in [5, 5.41) is 13.9. The lowest BCUT2D eigenvalue weighted by Gasteiger charge is -2.14. The van der Waals surface area contributed by atoms with Crippen LogP contribution >= 0.6 is 0 Å². The number of hydrogen-bond acceptors (Lipinski definition) is 2. The Labute approximate surface area is 380 Å². The number of para-hydroxylation sites is 2. The van der Waals surface area contributed by atoms with Gasteiger partial charge in [0.25, 0.3) is 0 Å². The number of benzene rings is 10. The van der Waals surface area contributed by atoms with Gasteiger partial charge in [-0.25, -0.2) is 9.97 Å². The van der Waals surface area contributed by atoms with E-state index in [1.54, 1.807) is 0 Å². The number of nitrogens with zero attached hydrogens (tertiary/aromatic N) is 4. The molecule has 0 saturated carbocycles. The molecule has 0 aliphatic heterocycles. The molecule has 66 heavy (non-hydrogen) atoms. The summed E-state index contributed by atoms with van der Waals surface area (Å²) < 4.78 is 4.63. The first-order chi connectivity index (χ1) is 32.6. The number of hydrogen-bond donors (Lipinski definition) is 0. The van der Waals surface area contributed by atoms with Crippen LogP contribution in [0, 0.1) is 0 Å². The largest absolute Gasteiger partial charge is 0.309 e. The normalized spacial score (nSPS) is 12.3. The molecule has 0 atom stereocenters. The Morgan fingerprint density at radius 2 is 0.955 bits per heavy atom. The number of fused-ring (bicyclic) bond motifs is 10. The topological polar surface area (TPSA) is 35.6 Å². The highest BCUT2D eigenvalue weighted by Gasteiger charge is 2.20. The van der Waals surface area contributed by atoms with E-state index < -0.39 is 0 Å². The Bertz CT molecular complexity index is 4280. The third-order valence-corrected chi connectivity index (χ3v) is 13.4. The van der Waals surface area contributed by atoms with Crippen molar-refractivity contribution in [1.29, 1.82) is 0 Å². The highest BCUT2D eigenvalue weighted by atomic mass is 15.2. The van der Waals surface area contributed by atoms with Crippen LogP contribution in [0.4, 0.5) is 0 Å². The molecular formula is C62H40N4. The molecule has 13 aromatic rings. The lowest BCUT2D eigenvalue weighted by atomic mass is 10.00. The second-order valence-corrected chi connectivity index (χ2v) is 17.1. The molecule has 0 saturated heterocycles. The Morgan fingerprint density at radius 3 is 1.67 bits per heavy atom. The zero-order valence-electron chi connectivity index (χ0n) is 36.0. The SMILES string of the molecule is C=CC(c1cc(-c2cccc3ccccc23)nc(-n2c3ccccc3c3cc(-c4ccc5c(c4)c4ccccc4n5-c4ccc5ccc6ccccc6c5c4)ccc32)n1)=c1ccccc1=C. The molecule has 4 nitrogen and oxygen atoms in total. The van der Waals surface area contributed by atoms with Gasteiger partial charge in [0.2, 0.25) is 5.95 Å². The Morgan fingerprint density at radius 1 is 0.409 bits per heavy atom. The molecule has 4 heteroatoms. The molecule has 10 aromatic carbocycles. The van der Waals surface area contributed by atoms with Crippen molar-refractivity contribution in [1.82, 2.24) is 19.1 Å². The lowest BCUT2D eigenvalue weighted by molar-refractivity contribution is 0.983. The van der Waals surface area contributed by atoms with Crippen molar-refractivity contribution in [2.24, 2.45) is 0 Å². The minimum atomic E-state index is 0.589. The Balaban J connectivity index is 1.00. The minimum absolute atomic E-state index is 0.589. The zero-order valence-corrected chi connectivity index (χ0v) is 36.0. The maximum atomic E-state index is 5.42. The van der Waals surface area contributed by atoms with E-state index in [0.717, 1.165) is 82.4 Å². The van der Waals surface area contributed by atoms with Crippen LogP contribution in [0.3, 0.4) is 0 Å². The van der Waals surface area contributed by atoms with Gasteiger partial charge in [-0.2, -0.15) is 0 Å². The summed E-state index contributed by atoms with van der Waals surface area (Å²) in [7, 11) is 0. The summed E-state index contributed by atoms with van der Waals surface area (Å²) in [4.78, 5) is 10.8. The minimum Gasteiger partial charge on any atom is -0.309 e. The molecule has 0 unspecified atom stereocenters. The van der Waals surface area contributed by atoms with Crippen molar-refractivity contribution in [2.45, 2.75) is 0 Å². The second-order valence-electron chi connectivity index (χ2n) is 17.1. The van der Waals surface area contributed by atoms with E-state index in [-0.39, 0.29) is 0 Å². The van der Waals surface area contributed by atoms with Gasteiger partial charge in [0, 0.05) is 38.4 Å². The molecule has 0 aliphatic rings. The molecule has 0 bridgehead atoms. The first kappa shape index (κ1) is 37.7. The number of aromatic nitrogens is 4. The van der Waals surface area contributed by atoms with E-state index in [1.807, 2.05) is 24.3 Å². The smallest absolute Gasteiger partial charge is 0.235 e. The van der Waals surface area contributed by atoms with Crippen molar-refractivity contribution in [2.75, 3.05) is 0 Å². The molecular weight excluding hydrogens is 801 g/mol. The fourth-order valence-corrected chi connectivity index (χ4v) is 10.3. The van der Waals surface area contributed by atoms with Gasteiger partial charge in [0.1, 0.15) is 0 Å². The maximum absolute atomic E-state index is 5.42. The van der Waals surface area contributed by atoms with Crippen molar-refractivity contribution in [3.63, 3.8) is 0 Å². The standard InChI is InChI=1S/C62H40N4/c1-3-46(47-19-7-4-15-39(47)2)56-38-57(50-24-14-18-40-16-5-8-20-48(40)50)64-62(63-56)66-59-26-13-11-23-52(59)55-36-44(31-34-61(55)66)43-30-33-60-54(35-43)51-22-10-12-25-58(51)65(60)45-32-29-42-28-27-41-17-6-9-21-49(41)53(42)37-45/h3-38H,1-2H2. The van der Waals surface area contributed by atoms with Crippen LogP contribution in [0.5, 0.6) is 0 Å². The third kappa shape index (κ3) is 5.86. The van der Waals surface area contributed by atoms with Crippen molar-refractivity contribution in [3.05, 3.63) is 241 Å². The summed E-state index contributed by atoms with van der Waals surface area (Å²) in [5.74, 6) is 0.589. The molecule has 3 aromatic heterocycles. The average Bonchev–Trinajstić information content (AvgIpc) is 3.89. The van der Waals surface area contributed by atoms with E-state index in [4.69, 9.17) is 9.97 Å². The molecule has 308 valence electrons. The van der Waals surface area contributed by atoms with Crippen LogP contribution in [-0.4, -0.2) is 19.1 Å². The second kappa shape index (κ2) is 14.9. The van der Waals surface area contributed by atoms with Crippen molar-refractivity contribution >= 4 is 88.1 Å². The van der Waals surface area contributed by atoms with Crippen LogP contribution < -0.4 is 10.4 Å². The van der Waals surface area contributed by atoms with E-state index >= 15 is 0 Å². The molecule has 0 spiro atoms. The summed E-state index contributed by atoms with van der Waals surface area (Å²) >= 11 is 0. The molecule has 0 radical (unpaired) electrons. The number of allylic oxidation sites excluding steroid dienone is 1. The van der Waals surface area contributed by atoms with Gasteiger partial charge >= 0.3 is 0 Å². The summed E-state index contributed by atoms with van der Waals surface area (Å²) in [6.45, 7) is 8.65. The van der Waals surface area contributed by atoms with E-state index in [2.05, 4.69) is 216 Å². The fourth-order valence-electron chi connectivity index (χ4n) is 10.3. The molecule has 13 rings (SSSR count). The van der Waals surface area contributed by atoms with Gasteiger partial charge in [-0.15, -0.1) is 0 Å². The summed E-state index contributed by atoms with van der Waals surface area (Å²) in [6.07, 6.45) is 1.89. The van der Waals surface area contributed by atoms with E-state index in [1.165, 1.54) is 43.4 Å². The number of rotatable bonds is 6. The summed E-state index contributed by atoms with van der Waals surface area (Å²) in [6, 6.07) is 76.1. The van der Waals surface area contributed by atoms with Crippen LogP contribution in [-0.2, 0) is 0 Å². The molecule has 0 amide bonds. The summed E-state index contributed by atoms with van der Waals surface area (Å²) in [5.41, 5.74) is 11.4. The van der Waals surface area contributed by atoms with Gasteiger partial charge in [-0.3, -0.25) is 4.57 Å². The van der Waals surface area contributed by atoms with Gasteiger partial charge in [0.15, 0.2) is 0 Å². The maximum Gasteiger partial charge on any atom is 0.235 e. The highest BCUT2D eigenvalue weighted by molar-refractivity contribution is 6.14. The monoisotopic (exact) mass is 840 g/mol. The Kier molecular flexibility index (Phi) is 8.49. The fraction of sp³-hybridized carbons (Fsp3) is 0. The van der Waals surface area contributed by atoms with Gasteiger partial charge in [0.05, 0.1) is 33.5 Å². The zero-order chi connectivity index (χ0) is 43.9. The van der Waals surface area contributed by atoms with E-state index in [0.29, 0.717) is 5.95 Å². The predicted octanol–water partition coefficient (Wildman–Crippen LogP) is 14.3. The van der Waals surface area contributed by atoms with Gasteiger partial charge in [-0.05, 0) is 108 Å². The van der Waals surface area contributed by atoms with Crippen molar-refractivity contribution in [3.8, 4) is 34.0 Å². The lowest BCUT2D eigenvalue weighted by Crippen LogP contribution is -2.25. The molecule has 3 heterocycles. The third-order valence-electron chi connectivity index (χ3n) is 13.4. The first-order valence-corrected chi connectivity index (χ1v) is 22.4. The predicted molar refractivity (Wildman–Crippen MR) is 278 cm³/mol. The molecule has 0 aliphatic carbocycles. The van der Waals surface area contributed by atoms with Crippen LogP contribution in [0.15, 0.2) is 225 Å². The van der Waals surface area contributed by atoms with Gasteiger partial charge < -0.3 is 4.57 Å². The average molecular weight is 841 g/mol. The quantitative estimate of drug-likeness (QED) is 0.156. The van der Waals surface area contributed by atoms with Crippen LogP contribution in [0.2, 0.25) is 0 Å². The molecule has 0 N–H and O–H groups in total.